The Morgan fingerprint density at radius 1 is 1.00 bits per heavy atom. The smallest absolute Gasteiger partial charge is 0.271 e. The average Bonchev–Trinajstić information content (AvgIpc) is 2.90. The van der Waals surface area contributed by atoms with Crippen molar-refractivity contribution in [3.8, 4) is 11.8 Å². The van der Waals surface area contributed by atoms with Crippen molar-refractivity contribution in [2.45, 2.75) is 19.5 Å². The number of halogens is 1. The number of nitrogens with zero attached hydrogens (tertiary/aromatic N) is 3. The SMILES string of the molecule is N#CCCN(Cc1ccccc1)Cc1ccc(/C=N/NC(=O)c2ccc(O)c(Cl)c2)c2ccccc12. The lowest BCUT2D eigenvalue weighted by Crippen LogP contribution is -2.24. The van der Waals surface area contributed by atoms with Crippen LogP contribution in [0.4, 0.5) is 0 Å². The molecule has 0 atom stereocenters. The molecule has 0 aromatic heterocycles. The normalized spacial score (nSPS) is 11.1. The number of fused-ring (bicyclic) bond motifs is 1. The molecule has 36 heavy (non-hydrogen) atoms. The van der Waals surface area contributed by atoms with Gasteiger partial charge in [0.2, 0.25) is 0 Å². The largest absolute Gasteiger partial charge is 0.506 e. The first-order valence-electron chi connectivity index (χ1n) is 11.5. The molecule has 180 valence electrons. The molecule has 4 aromatic carbocycles. The second-order valence-corrected chi connectivity index (χ2v) is 8.74. The molecule has 4 rings (SSSR count). The van der Waals surface area contributed by atoms with Crippen LogP contribution in [-0.4, -0.2) is 28.7 Å². The quantitative estimate of drug-likeness (QED) is 0.224. The van der Waals surface area contributed by atoms with E-state index in [-0.39, 0.29) is 10.8 Å². The van der Waals surface area contributed by atoms with E-state index in [0.717, 1.165) is 28.4 Å². The minimum absolute atomic E-state index is 0.0850. The van der Waals surface area contributed by atoms with Gasteiger partial charge < -0.3 is 5.11 Å². The lowest BCUT2D eigenvalue weighted by molar-refractivity contribution is 0.0955. The molecular formula is C29H25ClN4O2. The number of carbonyl (C=O) groups is 1. The summed E-state index contributed by atoms with van der Waals surface area (Å²) in [5.74, 6) is -0.513. The highest BCUT2D eigenvalue weighted by Crippen LogP contribution is 2.25. The van der Waals surface area contributed by atoms with Crippen molar-refractivity contribution < 1.29 is 9.90 Å². The average molecular weight is 497 g/mol. The van der Waals surface area contributed by atoms with Crippen LogP contribution in [0.2, 0.25) is 5.02 Å². The molecular weight excluding hydrogens is 472 g/mol. The number of hydrogen-bond acceptors (Lipinski definition) is 5. The Morgan fingerprint density at radius 3 is 2.50 bits per heavy atom. The molecule has 1 amide bonds. The molecule has 0 aliphatic heterocycles. The Balaban J connectivity index is 1.53. The van der Waals surface area contributed by atoms with Gasteiger partial charge in [0, 0.05) is 37.2 Å². The summed E-state index contributed by atoms with van der Waals surface area (Å²) in [6.45, 7) is 2.14. The maximum atomic E-state index is 12.4. The van der Waals surface area contributed by atoms with E-state index in [1.54, 1.807) is 6.21 Å². The molecule has 2 N–H and O–H groups in total. The Labute approximate surface area is 215 Å². The number of nitrogens with one attached hydrogen (secondary N) is 1. The van der Waals surface area contributed by atoms with Gasteiger partial charge in [0.1, 0.15) is 5.75 Å². The predicted octanol–water partition coefficient (Wildman–Crippen LogP) is 5.88. The Hall–Kier alpha value is -4.18. The summed E-state index contributed by atoms with van der Waals surface area (Å²) in [6.07, 6.45) is 2.07. The number of phenols is 1. The number of nitriles is 1. The molecule has 0 spiro atoms. The van der Waals surface area contributed by atoms with Crippen molar-refractivity contribution in [3.05, 3.63) is 112 Å². The topological polar surface area (TPSA) is 88.7 Å². The lowest BCUT2D eigenvalue weighted by atomic mass is 9.99. The summed E-state index contributed by atoms with van der Waals surface area (Å²) in [4.78, 5) is 14.7. The van der Waals surface area contributed by atoms with Crippen molar-refractivity contribution in [2.24, 2.45) is 5.10 Å². The molecule has 0 saturated carbocycles. The van der Waals surface area contributed by atoms with Gasteiger partial charge in [-0.25, -0.2) is 5.43 Å². The van der Waals surface area contributed by atoms with Gasteiger partial charge in [-0.15, -0.1) is 0 Å². The van der Waals surface area contributed by atoms with Gasteiger partial charge in [-0.05, 0) is 40.1 Å². The van der Waals surface area contributed by atoms with Crippen LogP contribution >= 0.6 is 11.6 Å². The van der Waals surface area contributed by atoms with E-state index in [2.05, 4.69) is 45.8 Å². The van der Waals surface area contributed by atoms with E-state index >= 15 is 0 Å². The zero-order valence-corrected chi connectivity index (χ0v) is 20.3. The van der Waals surface area contributed by atoms with Crippen LogP contribution in [0, 0.1) is 11.3 Å². The first-order chi connectivity index (χ1) is 17.5. The summed E-state index contributed by atoms with van der Waals surface area (Å²) < 4.78 is 0. The van der Waals surface area contributed by atoms with Crippen molar-refractivity contribution in [2.75, 3.05) is 6.54 Å². The number of rotatable bonds is 9. The summed E-state index contributed by atoms with van der Waals surface area (Å²) in [7, 11) is 0. The van der Waals surface area contributed by atoms with Crippen LogP contribution in [0.25, 0.3) is 10.8 Å². The minimum atomic E-state index is -0.428. The summed E-state index contributed by atoms with van der Waals surface area (Å²) in [5, 5.41) is 25.0. The number of hydrazone groups is 1. The molecule has 4 aromatic rings. The fourth-order valence-electron chi connectivity index (χ4n) is 4.01. The van der Waals surface area contributed by atoms with E-state index in [1.165, 1.54) is 23.8 Å². The highest BCUT2D eigenvalue weighted by molar-refractivity contribution is 6.32. The van der Waals surface area contributed by atoms with Crippen molar-refractivity contribution >= 4 is 34.5 Å². The second-order valence-electron chi connectivity index (χ2n) is 8.33. The Morgan fingerprint density at radius 2 is 1.75 bits per heavy atom. The summed E-state index contributed by atoms with van der Waals surface area (Å²) in [6, 6.07) is 28.8. The molecule has 0 radical (unpaired) electrons. The molecule has 0 aliphatic rings. The van der Waals surface area contributed by atoms with Crippen LogP contribution in [0.5, 0.6) is 5.75 Å². The van der Waals surface area contributed by atoms with Crippen LogP contribution in [0.1, 0.15) is 33.5 Å². The minimum Gasteiger partial charge on any atom is -0.506 e. The number of aromatic hydroxyl groups is 1. The van der Waals surface area contributed by atoms with Gasteiger partial charge >= 0.3 is 0 Å². The fraction of sp³-hybridized carbons (Fsp3) is 0.138. The first kappa shape index (κ1) is 24.9. The van der Waals surface area contributed by atoms with Gasteiger partial charge in [-0.3, -0.25) is 9.69 Å². The van der Waals surface area contributed by atoms with Crippen LogP contribution in [0.15, 0.2) is 90.0 Å². The van der Waals surface area contributed by atoms with E-state index in [0.29, 0.717) is 25.1 Å². The van der Waals surface area contributed by atoms with Gasteiger partial charge in [0.15, 0.2) is 0 Å². The monoisotopic (exact) mass is 496 g/mol. The third kappa shape index (κ3) is 6.28. The highest BCUT2D eigenvalue weighted by atomic mass is 35.5. The highest BCUT2D eigenvalue weighted by Gasteiger charge is 2.12. The van der Waals surface area contributed by atoms with E-state index in [1.807, 2.05) is 42.5 Å². The van der Waals surface area contributed by atoms with Gasteiger partial charge in [0.25, 0.3) is 5.91 Å². The molecule has 0 aliphatic carbocycles. The number of carbonyl (C=O) groups excluding carboxylic acids is 1. The van der Waals surface area contributed by atoms with Crippen molar-refractivity contribution in [3.63, 3.8) is 0 Å². The van der Waals surface area contributed by atoms with Crippen molar-refractivity contribution in [1.82, 2.24) is 10.3 Å². The Bertz CT molecular complexity index is 1430. The zero-order chi connectivity index (χ0) is 25.3. The number of phenolic OH excluding ortho intramolecular Hbond substituents is 1. The van der Waals surface area contributed by atoms with Crippen LogP contribution in [0.3, 0.4) is 0 Å². The van der Waals surface area contributed by atoms with Gasteiger partial charge in [-0.2, -0.15) is 10.4 Å². The third-order valence-electron chi connectivity index (χ3n) is 5.81. The van der Waals surface area contributed by atoms with Crippen LogP contribution < -0.4 is 5.43 Å². The molecule has 0 saturated heterocycles. The summed E-state index contributed by atoms with van der Waals surface area (Å²) >= 11 is 5.89. The van der Waals surface area contributed by atoms with Crippen LogP contribution in [-0.2, 0) is 13.1 Å². The fourth-order valence-corrected chi connectivity index (χ4v) is 4.19. The molecule has 6 nitrogen and oxygen atoms in total. The number of benzene rings is 4. The van der Waals surface area contributed by atoms with Crippen molar-refractivity contribution in [1.29, 1.82) is 5.26 Å². The first-order valence-corrected chi connectivity index (χ1v) is 11.9. The van der Waals surface area contributed by atoms with E-state index < -0.39 is 5.91 Å². The molecule has 0 unspecified atom stereocenters. The molecule has 0 fully saturated rings. The Kier molecular flexibility index (Phi) is 8.30. The standard InChI is InChI=1S/C29H25ClN4O2/c30-27-17-22(13-14-28(27)35)29(36)33-32-18-23-11-12-24(26-10-5-4-9-25(23)26)20-34(16-6-15-31)19-21-7-2-1-3-8-21/h1-5,7-14,17-18,35H,6,16,19-20H2,(H,33,36)/b32-18+. The maximum Gasteiger partial charge on any atom is 0.271 e. The second kappa shape index (κ2) is 12.0. The maximum absolute atomic E-state index is 12.4. The molecule has 0 heterocycles. The number of amides is 1. The lowest BCUT2D eigenvalue weighted by Gasteiger charge is -2.22. The third-order valence-corrected chi connectivity index (χ3v) is 6.11. The van der Waals surface area contributed by atoms with E-state index in [4.69, 9.17) is 16.9 Å². The predicted molar refractivity (Wildman–Crippen MR) is 143 cm³/mol. The number of hydrogen-bond donors (Lipinski definition) is 2. The van der Waals surface area contributed by atoms with Gasteiger partial charge in [0.05, 0.1) is 17.3 Å². The summed E-state index contributed by atoms with van der Waals surface area (Å²) in [5.41, 5.74) is 6.03. The molecule has 0 bridgehead atoms. The van der Waals surface area contributed by atoms with Gasteiger partial charge in [-0.1, -0.05) is 78.3 Å². The zero-order valence-electron chi connectivity index (χ0n) is 19.6. The van der Waals surface area contributed by atoms with E-state index in [9.17, 15) is 9.90 Å². The molecule has 7 heteroatoms.